The third-order valence-corrected chi connectivity index (χ3v) is 10.1. The second-order valence-electron chi connectivity index (χ2n) is 12.6. The zero-order chi connectivity index (χ0) is 32.2. The molecular weight excluding hydrogens is 624 g/mol. The number of rotatable bonds is 2. The fraction of sp³-hybridized carbons (Fsp3) is 0. The van der Waals surface area contributed by atoms with Gasteiger partial charge >= 0.3 is 0 Å². The van der Waals surface area contributed by atoms with E-state index in [4.69, 9.17) is 30.4 Å². The zero-order valence-corrected chi connectivity index (χ0v) is 26.6. The minimum atomic E-state index is 0.151. The van der Waals surface area contributed by atoms with Gasteiger partial charge in [0.25, 0.3) is 0 Å². The maximum atomic E-state index is 6.82. The smallest absolute Gasteiger partial charge is 0.223 e. The van der Waals surface area contributed by atoms with E-state index in [2.05, 4.69) is 133 Å². The molecule has 11 aromatic rings. The topological polar surface area (TPSA) is 52.1 Å². The van der Waals surface area contributed by atoms with Gasteiger partial charge in [0.1, 0.15) is 22.3 Å². The molecular formula is C44H23ClN2O2. The summed E-state index contributed by atoms with van der Waals surface area (Å²) in [5, 5.41) is 13.5. The summed E-state index contributed by atoms with van der Waals surface area (Å²) in [6, 6.07) is 48.4. The maximum Gasteiger partial charge on any atom is 0.223 e. The van der Waals surface area contributed by atoms with Gasteiger partial charge in [-0.25, -0.2) is 9.97 Å². The average molecular weight is 647 g/mol. The van der Waals surface area contributed by atoms with Crippen molar-refractivity contribution in [1.29, 1.82) is 0 Å². The Balaban J connectivity index is 1.24. The zero-order valence-electron chi connectivity index (χ0n) is 25.9. The Morgan fingerprint density at radius 3 is 1.22 bits per heavy atom. The Labute approximate surface area is 283 Å². The van der Waals surface area contributed by atoms with Gasteiger partial charge in [-0.15, -0.1) is 0 Å². The van der Waals surface area contributed by atoms with E-state index in [1.807, 2.05) is 6.07 Å². The Hall–Kier alpha value is -6.23. The predicted molar refractivity (Wildman–Crippen MR) is 202 cm³/mol. The van der Waals surface area contributed by atoms with Crippen LogP contribution in [0.5, 0.6) is 0 Å². The van der Waals surface area contributed by atoms with Gasteiger partial charge < -0.3 is 8.83 Å². The summed E-state index contributed by atoms with van der Waals surface area (Å²) in [5.41, 5.74) is 6.26. The first-order valence-corrected chi connectivity index (χ1v) is 16.6. The summed E-state index contributed by atoms with van der Waals surface area (Å²) >= 11 is 6.82. The molecule has 0 unspecified atom stereocenters. The summed E-state index contributed by atoms with van der Waals surface area (Å²) in [6.45, 7) is 0. The normalized spacial score (nSPS) is 12.2. The molecule has 49 heavy (non-hydrogen) atoms. The number of fused-ring (bicyclic) bond motifs is 14. The second-order valence-corrected chi connectivity index (χ2v) is 13.0. The van der Waals surface area contributed by atoms with Gasteiger partial charge in [-0.3, -0.25) is 0 Å². The van der Waals surface area contributed by atoms with E-state index in [1.54, 1.807) is 0 Å². The summed E-state index contributed by atoms with van der Waals surface area (Å²) in [6.07, 6.45) is 0. The van der Waals surface area contributed by atoms with Crippen LogP contribution in [0.15, 0.2) is 148 Å². The van der Waals surface area contributed by atoms with Crippen molar-refractivity contribution in [2.75, 3.05) is 0 Å². The molecule has 0 bridgehead atoms. The molecule has 0 saturated heterocycles. The summed E-state index contributed by atoms with van der Waals surface area (Å²) in [5.74, 6) is 0. The Morgan fingerprint density at radius 1 is 0.388 bits per heavy atom. The van der Waals surface area contributed by atoms with Crippen LogP contribution in [-0.4, -0.2) is 9.97 Å². The molecule has 0 saturated carbocycles. The third-order valence-electron chi connectivity index (χ3n) is 9.96. The number of hydrogen-bond acceptors (Lipinski definition) is 4. The van der Waals surface area contributed by atoms with Gasteiger partial charge in [-0.05, 0) is 85.0 Å². The van der Waals surface area contributed by atoms with Crippen LogP contribution in [0.3, 0.4) is 0 Å². The van der Waals surface area contributed by atoms with Gasteiger partial charge in [0.05, 0.1) is 11.4 Å². The molecule has 5 heteroatoms. The summed E-state index contributed by atoms with van der Waals surface area (Å²) in [4.78, 5) is 9.62. The lowest BCUT2D eigenvalue weighted by molar-refractivity contribution is 0.670. The maximum absolute atomic E-state index is 6.82. The number of aromatic nitrogens is 2. The van der Waals surface area contributed by atoms with Crippen molar-refractivity contribution in [3.05, 3.63) is 145 Å². The number of furan rings is 2. The van der Waals surface area contributed by atoms with Crippen molar-refractivity contribution < 1.29 is 8.83 Å². The first kappa shape index (κ1) is 26.8. The Bertz CT molecular complexity index is 2980. The van der Waals surface area contributed by atoms with Gasteiger partial charge in [0, 0.05) is 32.7 Å². The third kappa shape index (κ3) is 3.80. The molecule has 228 valence electrons. The van der Waals surface area contributed by atoms with Crippen LogP contribution < -0.4 is 0 Å². The Morgan fingerprint density at radius 2 is 0.776 bits per heavy atom. The van der Waals surface area contributed by atoms with Crippen molar-refractivity contribution >= 4 is 98.6 Å². The van der Waals surface area contributed by atoms with Crippen LogP contribution in [-0.2, 0) is 0 Å². The van der Waals surface area contributed by atoms with Crippen molar-refractivity contribution in [3.8, 4) is 22.5 Å². The van der Waals surface area contributed by atoms with Crippen LogP contribution in [0.25, 0.3) is 109 Å². The number of halogens is 1. The summed E-state index contributed by atoms with van der Waals surface area (Å²) in [7, 11) is 0. The largest absolute Gasteiger partial charge is 0.455 e. The minimum absolute atomic E-state index is 0.151. The fourth-order valence-corrected chi connectivity index (χ4v) is 8.03. The molecule has 0 fully saturated rings. The van der Waals surface area contributed by atoms with Gasteiger partial charge in [0.15, 0.2) is 0 Å². The van der Waals surface area contributed by atoms with Crippen molar-refractivity contribution in [2.24, 2.45) is 0 Å². The molecule has 4 nitrogen and oxygen atoms in total. The predicted octanol–water partition coefficient (Wildman–Crippen LogP) is 12.9. The first-order chi connectivity index (χ1) is 24.2. The standard InChI is InChI=1S/C44H23ClN2O2/c45-44-46-34(32-21-26-11-3-7-15-30(26)40-38-28-13-5-1-9-24(28)17-19-36(38)48-42(32)40)23-35(47-44)33-22-27-12-4-8-16-31(27)41-39-29-14-6-2-10-25(29)18-20-37(39)49-43(33)41/h1-23H. The minimum Gasteiger partial charge on any atom is -0.455 e. The van der Waals surface area contributed by atoms with Gasteiger partial charge in [-0.1, -0.05) is 109 Å². The second kappa shape index (κ2) is 9.89. The molecule has 11 rings (SSSR count). The van der Waals surface area contributed by atoms with E-state index in [0.29, 0.717) is 11.4 Å². The monoisotopic (exact) mass is 646 g/mol. The quantitative estimate of drug-likeness (QED) is 0.175. The van der Waals surface area contributed by atoms with Crippen molar-refractivity contribution in [2.45, 2.75) is 0 Å². The molecule has 0 aliphatic heterocycles. The molecule has 8 aromatic carbocycles. The molecule has 0 aliphatic carbocycles. The van der Waals surface area contributed by atoms with Crippen LogP contribution in [0.2, 0.25) is 5.28 Å². The lowest BCUT2D eigenvalue weighted by atomic mass is 9.95. The molecule has 0 amide bonds. The highest BCUT2D eigenvalue weighted by Crippen LogP contribution is 2.46. The molecule has 3 aromatic heterocycles. The van der Waals surface area contributed by atoms with E-state index in [1.165, 1.54) is 10.8 Å². The molecule has 0 spiro atoms. The summed E-state index contributed by atoms with van der Waals surface area (Å²) < 4.78 is 13.5. The first-order valence-electron chi connectivity index (χ1n) is 16.3. The Kier molecular flexibility index (Phi) is 5.41. The molecule has 0 atom stereocenters. The number of benzene rings is 8. The molecule has 0 radical (unpaired) electrons. The van der Waals surface area contributed by atoms with Gasteiger partial charge in [-0.2, -0.15) is 0 Å². The van der Waals surface area contributed by atoms with E-state index in [-0.39, 0.29) is 5.28 Å². The SMILES string of the molecule is Clc1nc(-c2cc3ccccc3c3c2oc2ccc4ccccc4c23)cc(-c2cc3ccccc3c3c2oc2ccc4ccccc4c23)n1. The van der Waals surface area contributed by atoms with Gasteiger partial charge in [0.2, 0.25) is 5.28 Å². The van der Waals surface area contributed by atoms with Crippen LogP contribution in [0.1, 0.15) is 0 Å². The van der Waals surface area contributed by atoms with E-state index in [9.17, 15) is 0 Å². The number of hydrogen-bond donors (Lipinski definition) is 0. The van der Waals surface area contributed by atoms with Crippen LogP contribution in [0, 0.1) is 0 Å². The number of nitrogens with zero attached hydrogens (tertiary/aromatic N) is 2. The van der Waals surface area contributed by atoms with E-state index < -0.39 is 0 Å². The van der Waals surface area contributed by atoms with Crippen LogP contribution >= 0.6 is 11.6 Å². The molecule has 0 N–H and O–H groups in total. The molecule has 3 heterocycles. The lowest BCUT2D eigenvalue weighted by Gasteiger charge is -2.10. The average Bonchev–Trinajstić information content (AvgIpc) is 3.74. The highest BCUT2D eigenvalue weighted by Gasteiger charge is 2.22. The highest BCUT2D eigenvalue weighted by molar-refractivity contribution is 6.31. The van der Waals surface area contributed by atoms with Crippen LogP contribution in [0.4, 0.5) is 0 Å². The van der Waals surface area contributed by atoms with Crippen molar-refractivity contribution in [1.82, 2.24) is 9.97 Å². The molecule has 0 aliphatic rings. The lowest BCUT2D eigenvalue weighted by Crippen LogP contribution is -1.93. The van der Waals surface area contributed by atoms with E-state index >= 15 is 0 Å². The fourth-order valence-electron chi connectivity index (χ4n) is 7.85. The van der Waals surface area contributed by atoms with Crippen molar-refractivity contribution in [3.63, 3.8) is 0 Å². The van der Waals surface area contributed by atoms with E-state index in [0.717, 1.165) is 87.3 Å². The highest BCUT2D eigenvalue weighted by atomic mass is 35.5.